The third kappa shape index (κ3) is 7.35. The lowest BCUT2D eigenvalue weighted by Gasteiger charge is -2.12. The molecule has 0 amide bonds. The fourth-order valence-corrected chi connectivity index (χ4v) is 3.26. The summed E-state index contributed by atoms with van der Waals surface area (Å²) in [7, 11) is -3.65. The first-order valence-electron chi connectivity index (χ1n) is 8.80. The standard InChI is InChI=1S/C18H22F3N5O2S/c1-2-23-17(25-12-14-5-7-15(8-6-14)18(19,20)21)24-10-11-26-29(27,28)16-4-3-9-22-13-16/h3-9,13,26H,2,10-12H2,1H3,(H2,23,24,25). The van der Waals surface area contributed by atoms with Crippen molar-refractivity contribution in [1.29, 1.82) is 0 Å². The normalized spacial score (nSPS) is 12.6. The van der Waals surface area contributed by atoms with Gasteiger partial charge in [0, 0.05) is 32.0 Å². The van der Waals surface area contributed by atoms with Crippen LogP contribution in [0, 0.1) is 0 Å². The molecule has 0 aliphatic rings. The van der Waals surface area contributed by atoms with Crippen molar-refractivity contribution in [1.82, 2.24) is 20.3 Å². The monoisotopic (exact) mass is 429 g/mol. The zero-order valence-corrected chi connectivity index (χ0v) is 16.5. The highest BCUT2D eigenvalue weighted by Gasteiger charge is 2.29. The molecule has 7 nitrogen and oxygen atoms in total. The van der Waals surface area contributed by atoms with E-state index in [1.54, 1.807) is 0 Å². The number of hydrogen-bond acceptors (Lipinski definition) is 4. The number of pyridine rings is 1. The van der Waals surface area contributed by atoms with Gasteiger partial charge in [0.05, 0.1) is 12.1 Å². The number of guanidine groups is 1. The van der Waals surface area contributed by atoms with Crippen LogP contribution in [-0.4, -0.2) is 39.0 Å². The number of hydrogen-bond donors (Lipinski definition) is 3. The number of aromatic nitrogens is 1. The predicted molar refractivity (Wildman–Crippen MR) is 104 cm³/mol. The highest BCUT2D eigenvalue weighted by atomic mass is 32.2. The summed E-state index contributed by atoms with van der Waals surface area (Å²) in [5, 5.41) is 5.96. The largest absolute Gasteiger partial charge is 0.416 e. The van der Waals surface area contributed by atoms with Crippen molar-refractivity contribution in [2.24, 2.45) is 4.99 Å². The SMILES string of the molecule is CCNC(=NCc1ccc(C(F)(F)F)cc1)NCCNS(=O)(=O)c1cccnc1. The first-order valence-corrected chi connectivity index (χ1v) is 10.3. The summed E-state index contributed by atoms with van der Waals surface area (Å²) in [4.78, 5) is 8.14. The maximum absolute atomic E-state index is 12.6. The topological polar surface area (TPSA) is 95.5 Å². The summed E-state index contributed by atoms with van der Waals surface area (Å²) in [5.41, 5.74) is -0.0938. The Morgan fingerprint density at radius 2 is 1.83 bits per heavy atom. The van der Waals surface area contributed by atoms with Gasteiger partial charge in [-0.25, -0.2) is 18.1 Å². The minimum absolute atomic E-state index is 0.0721. The van der Waals surface area contributed by atoms with Gasteiger partial charge >= 0.3 is 6.18 Å². The number of aliphatic imine (C=N–C) groups is 1. The molecule has 0 fully saturated rings. The Labute approximate surface area is 167 Å². The second kappa shape index (κ2) is 10.2. The van der Waals surface area contributed by atoms with Crippen LogP contribution in [0.2, 0.25) is 0 Å². The molecular weight excluding hydrogens is 407 g/mol. The lowest BCUT2D eigenvalue weighted by molar-refractivity contribution is -0.137. The van der Waals surface area contributed by atoms with Gasteiger partial charge in [-0.15, -0.1) is 0 Å². The smallest absolute Gasteiger partial charge is 0.357 e. The Kier molecular flexibility index (Phi) is 7.97. The Balaban J connectivity index is 1.88. The molecule has 0 atom stereocenters. The van der Waals surface area contributed by atoms with E-state index in [1.807, 2.05) is 6.92 Å². The van der Waals surface area contributed by atoms with Crippen LogP contribution >= 0.6 is 0 Å². The van der Waals surface area contributed by atoms with Gasteiger partial charge in [0.15, 0.2) is 5.96 Å². The van der Waals surface area contributed by atoms with E-state index in [1.165, 1.54) is 36.7 Å². The average Bonchev–Trinajstić information content (AvgIpc) is 2.69. The van der Waals surface area contributed by atoms with Crippen LogP contribution in [0.1, 0.15) is 18.1 Å². The molecule has 0 radical (unpaired) electrons. The van der Waals surface area contributed by atoms with E-state index in [-0.39, 0.29) is 24.5 Å². The second-order valence-electron chi connectivity index (χ2n) is 5.90. The molecule has 1 aromatic carbocycles. The van der Waals surface area contributed by atoms with Crippen LogP contribution in [0.3, 0.4) is 0 Å². The number of nitrogens with zero attached hydrogens (tertiary/aromatic N) is 2. The van der Waals surface area contributed by atoms with E-state index in [2.05, 4.69) is 25.3 Å². The van der Waals surface area contributed by atoms with Crippen LogP contribution in [0.15, 0.2) is 58.7 Å². The molecule has 1 aromatic heterocycles. The summed E-state index contributed by atoms with van der Waals surface area (Å²) < 4.78 is 64.5. The predicted octanol–water partition coefficient (Wildman–Crippen LogP) is 2.13. The van der Waals surface area contributed by atoms with E-state index in [0.29, 0.717) is 18.1 Å². The van der Waals surface area contributed by atoms with Crippen molar-refractivity contribution >= 4 is 16.0 Å². The van der Waals surface area contributed by atoms with Crippen LogP contribution in [-0.2, 0) is 22.7 Å². The van der Waals surface area contributed by atoms with Crippen molar-refractivity contribution in [2.75, 3.05) is 19.6 Å². The van der Waals surface area contributed by atoms with E-state index >= 15 is 0 Å². The van der Waals surface area contributed by atoms with E-state index in [4.69, 9.17) is 0 Å². The highest BCUT2D eigenvalue weighted by molar-refractivity contribution is 7.89. The number of sulfonamides is 1. The van der Waals surface area contributed by atoms with Gasteiger partial charge in [0.25, 0.3) is 0 Å². The molecule has 0 aliphatic carbocycles. The van der Waals surface area contributed by atoms with Gasteiger partial charge in [0.2, 0.25) is 10.0 Å². The second-order valence-corrected chi connectivity index (χ2v) is 7.67. The number of rotatable bonds is 8. The van der Waals surface area contributed by atoms with Crippen LogP contribution < -0.4 is 15.4 Å². The fraction of sp³-hybridized carbons (Fsp3) is 0.333. The molecule has 0 bridgehead atoms. The molecule has 11 heteroatoms. The van der Waals surface area contributed by atoms with Crippen molar-refractivity contribution in [2.45, 2.75) is 24.5 Å². The molecule has 0 saturated carbocycles. The molecule has 0 spiro atoms. The van der Waals surface area contributed by atoms with Crippen LogP contribution in [0.4, 0.5) is 13.2 Å². The summed E-state index contributed by atoms with van der Waals surface area (Å²) in [5.74, 6) is 0.424. The molecule has 29 heavy (non-hydrogen) atoms. The summed E-state index contributed by atoms with van der Waals surface area (Å²) in [6, 6.07) is 7.75. The summed E-state index contributed by atoms with van der Waals surface area (Å²) in [6.07, 6.45) is -1.64. The number of benzene rings is 1. The van der Waals surface area contributed by atoms with E-state index < -0.39 is 21.8 Å². The van der Waals surface area contributed by atoms with Crippen LogP contribution in [0.25, 0.3) is 0 Å². The Morgan fingerprint density at radius 3 is 2.41 bits per heavy atom. The minimum Gasteiger partial charge on any atom is -0.357 e. The lowest BCUT2D eigenvalue weighted by Crippen LogP contribution is -2.41. The average molecular weight is 429 g/mol. The quantitative estimate of drug-likeness (QED) is 0.340. The molecule has 0 aliphatic heterocycles. The zero-order chi connectivity index (χ0) is 21.3. The van der Waals surface area contributed by atoms with E-state index in [9.17, 15) is 21.6 Å². The Bertz CT molecular complexity index is 901. The Morgan fingerprint density at radius 1 is 1.10 bits per heavy atom. The third-order valence-corrected chi connectivity index (χ3v) is 5.15. The van der Waals surface area contributed by atoms with Crippen molar-refractivity contribution in [3.8, 4) is 0 Å². The van der Waals surface area contributed by atoms with Gasteiger partial charge < -0.3 is 10.6 Å². The zero-order valence-electron chi connectivity index (χ0n) is 15.7. The number of halogens is 3. The highest BCUT2D eigenvalue weighted by Crippen LogP contribution is 2.29. The maximum Gasteiger partial charge on any atom is 0.416 e. The minimum atomic E-state index is -4.37. The number of nitrogens with one attached hydrogen (secondary N) is 3. The summed E-state index contributed by atoms with van der Waals surface area (Å²) >= 11 is 0. The van der Waals surface area contributed by atoms with Gasteiger partial charge in [-0.1, -0.05) is 12.1 Å². The van der Waals surface area contributed by atoms with Gasteiger partial charge in [0.1, 0.15) is 4.90 Å². The lowest BCUT2D eigenvalue weighted by atomic mass is 10.1. The molecule has 1 heterocycles. The molecule has 0 unspecified atom stereocenters. The molecule has 3 N–H and O–H groups in total. The van der Waals surface area contributed by atoms with E-state index in [0.717, 1.165) is 12.1 Å². The third-order valence-electron chi connectivity index (χ3n) is 3.70. The molecule has 2 rings (SSSR count). The maximum atomic E-state index is 12.6. The summed E-state index contributed by atoms with van der Waals surface area (Å²) in [6.45, 7) is 2.98. The molecular formula is C18H22F3N5O2S. The van der Waals surface area contributed by atoms with Gasteiger partial charge in [-0.3, -0.25) is 4.98 Å². The molecule has 0 saturated heterocycles. The van der Waals surface area contributed by atoms with Gasteiger partial charge in [-0.05, 0) is 36.8 Å². The number of alkyl halides is 3. The Hall–Kier alpha value is -2.66. The van der Waals surface area contributed by atoms with Crippen LogP contribution in [0.5, 0.6) is 0 Å². The van der Waals surface area contributed by atoms with Gasteiger partial charge in [-0.2, -0.15) is 13.2 Å². The first-order chi connectivity index (χ1) is 13.7. The fourth-order valence-electron chi connectivity index (χ4n) is 2.27. The van der Waals surface area contributed by atoms with Crippen molar-refractivity contribution in [3.63, 3.8) is 0 Å². The van der Waals surface area contributed by atoms with Crippen molar-refractivity contribution in [3.05, 3.63) is 59.9 Å². The molecule has 158 valence electrons. The first kappa shape index (κ1) is 22.6. The van der Waals surface area contributed by atoms with Crippen molar-refractivity contribution < 1.29 is 21.6 Å². The molecule has 2 aromatic rings.